The lowest BCUT2D eigenvalue weighted by molar-refractivity contribution is 0.510. The number of rotatable bonds is 2. The van der Waals surface area contributed by atoms with Gasteiger partial charge in [-0.05, 0) is 44.5 Å². The van der Waals surface area contributed by atoms with Crippen molar-refractivity contribution in [2.24, 2.45) is 0 Å². The Bertz CT molecular complexity index is 541. The standard InChI is InChI=1S/C13H16BrN3/c1-9-16-12-5-4-10(14)7-13(12)17(9)8-11-3-2-6-15-11/h4-5,7,11,15H,2-3,6,8H2,1H3. The molecule has 4 heteroatoms. The molecule has 0 amide bonds. The van der Waals surface area contributed by atoms with Crippen LogP contribution >= 0.6 is 15.9 Å². The van der Waals surface area contributed by atoms with E-state index in [1.165, 1.54) is 18.4 Å². The maximum Gasteiger partial charge on any atom is 0.106 e. The molecular weight excluding hydrogens is 278 g/mol. The molecule has 1 aromatic heterocycles. The molecule has 0 aliphatic carbocycles. The maximum atomic E-state index is 4.61. The number of fused-ring (bicyclic) bond motifs is 1. The summed E-state index contributed by atoms with van der Waals surface area (Å²) >= 11 is 3.53. The van der Waals surface area contributed by atoms with Crippen LogP contribution in [0.3, 0.4) is 0 Å². The second-order valence-electron chi connectivity index (χ2n) is 4.70. The molecule has 90 valence electrons. The van der Waals surface area contributed by atoms with Crippen LogP contribution in [0.2, 0.25) is 0 Å². The molecule has 17 heavy (non-hydrogen) atoms. The van der Waals surface area contributed by atoms with E-state index >= 15 is 0 Å². The highest BCUT2D eigenvalue weighted by Gasteiger charge is 2.17. The van der Waals surface area contributed by atoms with Crippen LogP contribution in [-0.2, 0) is 6.54 Å². The van der Waals surface area contributed by atoms with Gasteiger partial charge in [-0.3, -0.25) is 0 Å². The third kappa shape index (κ3) is 2.11. The monoisotopic (exact) mass is 293 g/mol. The number of nitrogens with one attached hydrogen (secondary N) is 1. The molecule has 3 nitrogen and oxygen atoms in total. The molecule has 1 unspecified atom stereocenters. The zero-order chi connectivity index (χ0) is 11.8. The van der Waals surface area contributed by atoms with Gasteiger partial charge >= 0.3 is 0 Å². The van der Waals surface area contributed by atoms with Crippen LogP contribution in [0, 0.1) is 6.92 Å². The smallest absolute Gasteiger partial charge is 0.106 e. The first-order valence-corrected chi connectivity index (χ1v) is 6.89. The molecule has 1 saturated heterocycles. The van der Waals surface area contributed by atoms with Crippen LogP contribution in [-0.4, -0.2) is 22.1 Å². The third-order valence-corrected chi connectivity index (χ3v) is 3.96. The molecule has 2 aromatic rings. The van der Waals surface area contributed by atoms with Crippen LogP contribution < -0.4 is 5.32 Å². The van der Waals surface area contributed by atoms with E-state index in [0.29, 0.717) is 6.04 Å². The maximum absolute atomic E-state index is 4.61. The van der Waals surface area contributed by atoms with Crippen LogP contribution in [0.25, 0.3) is 11.0 Å². The van der Waals surface area contributed by atoms with Crippen molar-refractivity contribution in [2.45, 2.75) is 32.4 Å². The fourth-order valence-corrected chi connectivity index (χ4v) is 2.93. The molecule has 2 heterocycles. The van der Waals surface area contributed by atoms with Gasteiger partial charge in [-0.15, -0.1) is 0 Å². The number of benzene rings is 1. The molecule has 3 rings (SSSR count). The van der Waals surface area contributed by atoms with E-state index in [-0.39, 0.29) is 0 Å². The highest BCUT2D eigenvalue weighted by atomic mass is 79.9. The van der Waals surface area contributed by atoms with Crippen molar-refractivity contribution in [1.29, 1.82) is 0 Å². The van der Waals surface area contributed by atoms with Gasteiger partial charge in [0.25, 0.3) is 0 Å². The minimum Gasteiger partial charge on any atom is -0.327 e. The summed E-state index contributed by atoms with van der Waals surface area (Å²) in [5.41, 5.74) is 2.31. The van der Waals surface area contributed by atoms with Gasteiger partial charge in [0, 0.05) is 17.1 Å². The number of halogens is 1. The van der Waals surface area contributed by atoms with E-state index < -0.39 is 0 Å². The number of hydrogen-bond acceptors (Lipinski definition) is 2. The van der Waals surface area contributed by atoms with Crippen molar-refractivity contribution >= 4 is 27.0 Å². The Morgan fingerprint density at radius 2 is 2.41 bits per heavy atom. The predicted octanol–water partition coefficient (Wildman–Crippen LogP) is 2.86. The summed E-state index contributed by atoms with van der Waals surface area (Å²) < 4.78 is 3.44. The van der Waals surface area contributed by atoms with Gasteiger partial charge in [-0.25, -0.2) is 4.98 Å². The first kappa shape index (κ1) is 11.2. The van der Waals surface area contributed by atoms with Crippen molar-refractivity contribution in [2.75, 3.05) is 6.54 Å². The number of aryl methyl sites for hydroxylation is 1. The Kier molecular flexibility index (Phi) is 2.92. The van der Waals surface area contributed by atoms with Gasteiger partial charge < -0.3 is 9.88 Å². The zero-order valence-electron chi connectivity index (χ0n) is 9.91. The fraction of sp³-hybridized carbons (Fsp3) is 0.462. The lowest BCUT2D eigenvalue weighted by Crippen LogP contribution is -2.27. The van der Waals surface area contributed by atoms with Crippen molar-refractivity contribution in [3.8, 4) is 0 Å². The summed E-state index contributed by atoms with van der Waals surface area (Å²) in [6.45, 7) is 4.27. The average molecular weight is 294 g/mol. The van der Waals surface area contributed by atoms with Crippen molar-refractivity contribution in [3.05, 3.63) is 28.5 Å². The van der Waals surface area contributed by atoms with E-state index in [1.807, 2.05) is 6.07 Å². The largest absolute Gasteiger partial charge is 0.327 e. The summed E-state index contributed by atoms with van der Waals surface area (Å²) in [4.78, 5) is 4.61. The molecular formula is C13H16BrN3. The van der Waals surface area contributed by atoms with Gasteiger partial charge in [0.05, 0.1) is 11.0 Å². The Labute approximate surface area is 109 Å². The molecule has 0 spiro atoms. The topological polar surface area (TPSA) is 29.9 Å². The summed E-state index contributed by atoms with van der Waals surface area (Å²) in [5, 5.41) is 3.54. The van der Waals surface area contributed by atoms with E-state index in [2.05, 4.69) is 49.9 Å². The van der Waals surface area contributed by atoms with Gasteiger partial charge in [0.2, 0.25) is 0 Å². The van der Waals surface area contributed by atoms with Gasteiger partial charge in [0.15, 0.2) is 0 Å². The van der Waals surface area contributed by atoms with Gasteiger partial charge in [0.1, 0.15) is 5.82 Å². The quantitative estimate of drug-likeness (QED) is 0.923. The Hall–Kier alpha value is -0.870. The van der Waals surface area contributed by atoms with Crippen molar-refractivity contribution in [1.82, 2.24) is 14.9 Å². The van der Waals surface area contributed by atoms with Gasteiger partial charge in [-0.1, -0.05) is 15.9 Å². The van der Waals surface area contributed by atoms with Crippen LogP contribution in [0.5, 0.6) is 0 Å². The third-order valence-electron chi connectivity index (χ3n) is 3.47. The molecule has 0 radical (unpaired) electrons. The average Bonchev–Trinajstić information content (AvgIpc) is 2.90. The second kappa shape index (κ2) is 4.42. The van der Waals surface area contributed by atoms with Crippen molar-refractivity contribution < 1.29 is 0 Å². The predicted molar refractivity (Wildman–Crippen MR) is 73.2 cm³/mol. The minimum atomic E-state index is 0.602. The molecule has 1 atom stereocenters. The molecule has 0 saturated carbocycles. The molecule has 0 bridgehead atoms. The lowest BCUT2D eigenvalue weighted by Gasteiger charge is -2.13. The first-order chi connectivity index (χ1) is 8.24. The molecule has 1 aliphatic rings. The van der Waals surface area contributed by atoms with E-state index in [9.17, 15) is 0 Å². The number of nitrogens with zero attached hydrogens (tertiary/aromatic N) is 2. The van der Waals surface area contributed by atoms with E-state index in [1.54, 1.807) is 0 Å². The van der Waals surface area contributed by atoms with Crippen LogP contribution in [0.15, 0.2) is 22.7 Å². The van der Waals surface area contributed by atoms with Crippen LogP contribution in [0.1, 0.15) is 18.7 Å². The lowest BCUT2D eigenvalue weighted by atomic mass is 10.2. The SMILES string of the molecule is Cc1nc2ccc(Br)cc2n1CC1CCCN1. The Balaban J connectivity index is 2.01. The number of imidazole rings is 1. The summed E-state index contributed by atoms with van der Waals surface area (Å²) in [6.07, 6.45) is 2.56. The van der Waals surface area contributed by atoms with E-state index in [4.69, 9.17) is 0 Å². The summed E-state index contributed by atoms with van der Waals surface area (Å²) in [5.74, 6) is 1.10. The molecule has 1 fully saturated rings. The molecule has 1 N–H and O–H groups in total. The van der Waals surface area contributed by atoms with Crippen LogP contribution in [0.4, 0.5) is 0 Å². The normalized spacial score (nSPS) is 20.2. The second-order valence-corrected chi connectivity index (χ2v) is 5.61. The van der Waals surface area contributed by atoms with E-state index in [0.717, 1.165) is 28.9 Å². The van der Waals surface area contributed by atoms with Crippen molar-refractivity contribution in [3.63, 3.8) is 0 Å². The summed E-state index contributed by atoms with van der Waals surface area (Å²) in [7, 11) is 0. The highest BCUT2D eigenvalue weighted by molar-refractivity contribution is 9.10. The number of aromatic nitrogens is 2. The number of hydrogen-bond donors (Lipinski definition) is 1. The Morgan fingerprint density at radius 1 is 1.53 bits per heavy atom. The Morgan fingerprint density at radius 3 is 3.18 bits per heavy atom. The zero-order valence-corrected chi connectivity index (χ0v) is 11.5. The highest BCUT2D eigenvalue weighted by Crippen LogP contribution is 2.22. The molecule has 1 aromatic carbocycles. The molecule has 1 aliphatic heterocycles. The van der Waals surface area contributed by atoms with Gasteiger partial charge in [-0.2, -0.15) is 0 Å². The fourth-order valence-electron chi connectivity index (χ4n) is 2.58. The first-order valence-electron chi connectivity index (χ1n) is 6.10. The summed E-state index contributed by atoms with van der Waals surface area (Å²) in [6, 6.07) is 6.88. The minimum absolute atomic E-state index is 0.602.